The average molecular weight is 464 g/mol. The van der Waals surface area contributed by atoms with Crippen LogP contribution in [0, 0.1) is 0 Å². The van der Waals surface area contributed by atoms with Gasteiger partial charge >= 0.3 is 12.1 Å². The number of benzene rings is 1. The fourth-order valence-corrected chi connectivity index (χ4v) is 3.17. The lowest BCUT2D eigenvalue weighted by molar-refractivity contribution is 0.0591. The third-order valence-electron chi connectivity index (χ3n) is 4.35. The number of carbonyl (C=O) groups is 2. The highest BCUT2D eigenvalue weighted by Gasteiger charge is 2.25. The van der Waals surface area contributed by atoms with Crippen LogP contribution in [0.15, 0.2) is 46.9 Å². The monoisotopic (exact) mass is 463 g/mol. The summed E-state index contributed by atoms with van der Waals surface area (Å²) in [6.07, 6.45) is -0.354. The molecule has 0 bridgehead atoms. The molecule has 1 amide bonds. The molecule has 0 spiro atoms. The van der Waals surface area contributed by atoms with Crippen molar-refractivity contribution in [3.8, 4) is 5.88 Å². The third-order valence-corrected chi connectivity index (χ3v) is 4.95. The van der Waals surface area contributed by atoms with Crippen LogP contribution in [0.1, 0.15) is 16.1 Å². The second-order valence-electron chi connectivity index (χ2n) is 6.42. The molecule has 1 atom stereocenters. The van der Waals surface area contributed by atoms with E-state index < -0.39 is 5.97 Å². The molecule has 1 N–H and O–H groups in total. The van der Waals surface area contributed by atoms with Crippen LogP contribution in [0.2, 0.25) is 0 Å². The van der Waals surface area contributed by atoms with Crippen LogP contribution >= 0.6 is 15.9 Å². The minimum atomic E-state index is -0.537. The summed E-state index contributed by atoms with van der Waals surface area (Å²) in [7, 11) is 1.30. The van der Waals surface area contributed by atoms with Crippen LogP contribution in [0.25, 0.3) is 0 Å². The van der Waals surface area contributed by atoms with Gasteiger partial charge in [0.05, 0.1) is 17.6 Å². The smallest absolute Gasteiger partial charge is 0.410 e. The highest BCUT2D eigenvalue weighted by molar-refractivity contribution is 9.10. The summed E-state index contributed by atoms with van der Waals surface area (Å²) < 4.78 is 16.5. The second kappa shape index (κ2) is 10.2. The molecule has 1 aromatic heterocycles. The number of nitrogens with one attached hydrogen (secondary N) is 1. The molecular formula is C20H22BrN3O5. The van der Waals surface area contributed by atoms with E-state index in [4.69, 9.17) is 9.47 Å². The van der Waals surface area contributed by atoms with Gasteiger partial charge in [0.1, 0.15) is 13.2 Å². The molecular weight excluding hydrogens is 442 g/mol. The first-order valence-corrected chi connectivity index (χ1v) is 9.93. The maximum atomic E-state index is 12.4. The van der Waals surface area contributed by atoms with E-state index in [0.717, 1.165) is 5.56 Å². The SMILES string of the molecule is COC(=O)c1ccc(Br)c(OCC2CN(C(=O)OCc3ccccc3)CCN2)n1. The Morgan fingerprint density at radius 3 is 2.79 bits per heavy atom. The molecule has 1 fully saturated rings. The van der Waals surface area contributed by atoms with E-state index in [1.165, 1.54) is 7.11 Å². The number of aromatic nitrogens is 1. The molecule has 1 aromatic carbocycles. The summed E-state index contributed by atoms with van der Waals surface area (Å²) in [5.74, 6) is -0.246. The zero-order valence-corrected chi connectivity index (χ0v) is 17.6. The van der Waals surface area contributed by atoms with Gasteiger partial charge < -0.3 is 24.4 Å². The first kappa shape index (κ1) is 21.1. The van der Waals surface area contributed by atoms with Gasteiger partial charge in [-0.05, 0) is 33.6 Å². The maximum absolute atomic E-state index is 12.4. The predicted molar refractivity (Wildman–Crippen MR) is 109 cm³/mol. The molecule has 0 radical (unpaired) electrons. The van der Waals surface area contributed by atoms with E-state index in [9.17, 15) is 9.59 Å². The third kappa shape index (κ3) is 5.91. The van der Waals surface area contributed by atoms with Crippen molar-refractivity contribution in [3.05, 3.63) is 58.2 Å². The lowest BCUT2D eigenvalue weighted by Crippen LogP contribution is -2.54. The van der Waals surface area contributed by atoms with Gasteiger partial charge in [-0.25, -0.2) is 14.6 Å². The summed E-state index contributed by atoms with van der Waals surface area (Å²) in [5, 5.41) is 3.31. The minimum absolute atomic E-state index is 0.0940. The first-order chi connectivity index (χ1) is 14.1. The molecule has 1 saturated heterocycles. The van der Waals surface area contributed by atoms with Gasteiger partial charge in [-0.15, -0.1) is 0 Å². The summed E-state index contributed by atoms with van der Waals surface area (Å²) in [4.78, 5) is 29.8. The molecule has 8 nitrogen and oxygen atoms in total. The van der Waals surface area contributed by atoms with Crippen LogP contribution in [-0.2, 0) is 16.1 Å². The van der Waals surface area contributed by atoms with Gasteiger partial charge in [0.25, 0.3) is 0 Å². The van der Waals surface area contributed by atoms with Crippen LogP contribution < -0.4 is 10.1 Å². The molecule has 9 heteroatoms. The summed E-state index contributed by atoms with van der Waals surface area (Å²) in [6, 6.07) is 12.7. The number of piperazine rings is 1. The number of halogens is 1. The van der Waals surface area contributed by atoms with Gasteiger partial charge in [-0.1, -0.05) is 30.3 Å². The number of methoxy groups -OCH3 is 1. The van der Waals surface area contributed by atoms with Crippen molar-refractivity contribution in [3.63, 3.8) is 0 Å². The molecule has 3 rings (SSSR count). The largest absolute Gasteiger partial charge is 0.475 e. The van der Waals surface area contributed by atoms with Crippen LogP contribution in [-0.4, -0.2) is 61.3 Å². The van der Waals surface area contributed by atoms with Gasteiger partial charge in [-0.2, -0.15) is 0 Å². The van der Waals surface area contributed by atoms with Gasteiger partial charge in [0.2, 0.25) is 5.88 Å². The Balaban J connectivity index is 1.52. The molecule has 0 aliphatic carbocycles. The number of rotatable bonds is 6. The van der Waals surface area contributed by atoms with Crippen LogP contribution in [0.4, 0.5) is 4.79 Å². The molecule has 0 saturated carbocycles. The van der Waals surface area contributed by atoms with E-state index in [1.54, 1.807) is 17.0 Å². The van der Waals surface area contributed by atoms with E-state index in [1.807, 2.05) is 30.3 Å². The quantitative estimate of drug-likeness (QED) is 0.658. The number of pyridine rings is 1. The number of hydrogen-bond donors (Lipinski definition) is 1. The summed E-state index contributed by atoms with van der Waals surface area (Å²) in [6.45, 7) is 2.15. The van der Waals surface area contributed by atoms with Crippen LogP contribution in [0.5, 0.6) is 5.88 Å². The normalized spacial score (nSPS) is 16.2. The van der Waals surface area contributed by atoms with E-state index in [0.29, 0.717) is 30.0 Å². The zero-order valence-electron chi connectivity index (χ0n) is 16.0. The van der Waals surface area contributed by atoms with Crippen molar-refractivity contribution >= 4 is 28.0 Å². The lowest BCUT2D eigenvalue weighted by Gasteiger charge is -2.32. The molecule has 154 valence electrons. The van der Waals surface area contributed by atoms with Crippen molar-refractivity contribution in [1.82, 2.24) is 15.2 Å². The number of hydrogen-bond acceptors (Lipinski definition) is 7. The Bertz CT molecular complexity index is 849. The first-order valence-electron chi connectivity index (χ1n) is 9.13. The highest BCUT2D eigenvalue weighted by Crippen LogP contribution is 2.23. The van der Waals surface area contributed by atoms with Gasteiger partial charge in [-0.3, -0.25) is 0 Å². The average Bonchev–Trinajstić information content (AvgIpc) is 2.77. The fourth-order valence-electron chi connectivity index (χ4n) is 2.84. The zero-order chi connectivity index (χ0) is 20.6. The second-order valence-corrected chi connectivity index (χ2v) is 7.28. The molecule has 1 unspecified atom stereocenters. The van der Waals surface area contributed by atoms with Crippen molar-refractivity contribution in [2.45, 2.75) is 12.6 Å². The molecule has 1 aliphatic heterocycles. The van der Waals surface area contributed by atoms with E-state index in [2.05, 4.69) is 31.0 Å². The lowest BCUT2D eigenvalue weighted by atomic mass is 10.2. The van der Waals surface area contributed by atoms with Gasteiger partial charge in [0.15, 0.2) is 5.69 Å². The summed E-state index contributed by atoms with van der Waals surface area (Å²) in [5.41, 5.74) is 1.10. The Morgan fingerprint density at radius 1 is 1.24 bits per heavy atom. The standard InChI is InChI=1S/C20H22BrN3O5/c1-27-19(25)17-8-7-16(21)18(23-17)28-13-15-11-24(10-9-22-15)20(26)29-12-14-5-3-2-4-6-14/h2-8,15,22H,9-13H2,1H3. The van der Waals surface area contributed by atoms with E-state index in [-0.39, 0.29) is 31.0 Å². The van der Waals surface area contributed by atoms with Gasteiger partial charge in [0, 0.05) is 19.6 Å². The molecule has 29 heavy (non-hydrogen) atoms. The number of nitrogens with zero attached hydrogens (tertiary/aromatic N) is 2. The van der Waals surface area contributed by atoms with Crippen molar-refractivity contribution in [1.29, 1.82) is 0 Å². The van der Waals surface area contributed by atoms with Crippen molar-refractivity contribution in [2.24, 2.45) is 0 Å². The van der Waals surface area contributed by atoms with Crippen LogP contribution in [0.3, 0.4) is 0 Å². The number of amides is 1. The van der Waals surface area contributed by atoms with Crippen molar-refractivity contribution < 1.29 is 23.8 Å². The van der Waals surface area contributed by atoms with Crippen molar-refractivity contribution in [2.75, 3.05) is 33.4 Å². The Hall–Kier alpha value is -2.65. The van der Waals surface area contributed by atoms with E-state index >= 15 is 0 Å². The number of carbonyl (C=O) groups excluding carboxylic acids is 2. The molecule has 1 aliphatic rings. The fraction of sp³-hybridized carbons (Fsp3) is 0.350. The Kier molecular flexibility index (Phi) is 7.42. The Morgan fingerprint density at radius 2 is 2.03 bits per heavy atom. The maximum Gasteiger partial charge on any atom is 0.410 e. The summed E-state index contributed by atoms with van der Waals surface area (Å²) >= 11 is 3.36. The Labute approximate surface area is 177 Å². The predicted octanol–water partition coefficient (Wildman–Crippen LogP) is 2.62. The molecule has 2 heterocycles. The molecule has 2 aromatic rings. The minimum Gasteiger partial charge on any atom is -0.475 e. The number of ether oxygens (including phenoxy) is 3. The number of esters is 1. The topological polar surface area (TPSA) is 90.0 Å². The highest BCUT2D eigenvalue weighted by atomic mass is 79.9.